The molecule has 1 fully saturated rings. The molecule has 0 aliphatic carbocycles. The van der Waals surface area contributed by atoms with Gasteiger partial charge < -0.3 is 15.4 Å². The lowest BCUT2D eigenvalue weighted by Gasteiger charge is -2.32. The molecule has 0 saturated carbocycles. The van der Waals surface area contributed by atoms with Crippen molar-refractivity contribution in [3.63, 3.8) is 0 Å². The van der Waals surface area contributed by atoms with Gasteiger partial charge in [-0.05, 0) is 44.4 Å². The summed E-state index contributed by atoms with van der Waals surface area (Å²) in [7, 11) is 0. The normalized spacial score (nSPS) is 21.0. The highest BCUT2D eigenvalue weighted by molar-refractivity contribution is 5.81. The van der Waals surface area contributed by atoms with Gasteiger partial charge in [0, 0.05) is 19.1 Å². The number of nitrogens with zero attached hydrogens (tertiary/aromatic N) is 1. The molecule has 0 radical (unpaired) electrons. The van der Waals surface area contributed by atoms with E-state index in [0.717, 1.165) is 30.7 Å². The highest BCUT2D eigenvalue weighted by Crippen LogP contribution is 2.16. The fraction of sp³-hybridized carbons (Fsp3) is 0.533. The first-order valence-electron chi connectivity index (χ1n) is 6.84. The number of carbonyl (C=O) groups excluding carboxylic acids is 1. The van der Waals surface area contributed by atoms with E-state index >= 15 is 0 Å². The Morgan fingerprint density at radius 3 is 3.00 bits per heavy atom. The molecular formula is C15H22N2O2. The molecule has 0 bridgehead atoms. The van der Waals surface area contributed by atoms with Crippen molar-refractivity contribution in [2.75, 3.05) is 13.1 Å². The molecular weight excluding hydrogens is 240 g/mol. The number of amides is 1. The van der Waals surface area contributed by atoms with Gasteiger partial charge in [0.05, 0.1) is 0 Å². The molecule has 1 aromatic carbocycles. The molecule has 1 heterocycles. The van der Waals surface area contributed by atoms with E-state index in [1.165, 1.54) is 0 Å². The zero-order valence-electron chi connectivity index (χ0n) is 11.6. The maximum absolute atomic E-state index is 12.3. The van der Waals surface area contributed by atoms with Gasteiger partial charge in [-0.15, -0.1) is 0 Å². The first-order valence-corrected chi connectivity index (χ1v) is 6.84. The number of piperidine rings is 1. The van der Waals surface area contributed by atoms with Gasteiger partial charge in [-0.3, -0.25) is 4.79 Å². The van der Waals surface area contributed by atoms with Crippen LogP contribution in [0.4, 0.5) is 0 Å². The van der Waals surface area contributed by atoms with E-state index in [1.807, 2.05) is 36.1 Å². The van der Waals surface area contributed by atoms with Crippen LogP contribution in [0.15, 0.2) is 24.3 Å². The Kier molecular flexibility index (Phi) is 4.43. The summed E-state index contributed by atoms with van der Waals surface area (Å²) in [5.41, 5.74) is 7.02. The number of benzene rings is 1. The number of hydrogen-bond acceptors (Lipinski definition) is 3. The van der Waals surface area contributed by atoms with Crippen molar-refractivity contribution in [3.8, 4) is 5.75 Å². The van der Waals surface area contributed by atoms with E-state index in [1.54, 1.807) is 6.92 Å². The minimum Gasteiger partial charge on any atom is -0.481 e. The van der Waals surface area contributed by atoms with Gasteiger partial charge in [0.25, 0.3) is 5.91 Å². The summed E-state index contributed by atoms with van der Waals surface area (Å²) in [4.78, 5) is 14.1. The molecule has 19 heavy (non-hydrogen) atoms. The molecule has 2 unspecified atom stereocenters. The van der Waals surface area contributed by atoms with Crippen LogP contribution in [-0.2, 0) is 4.79 Å². The van der Waals surface area contributed by atoms with Crippen LogP contribution in [0, 0.1) is 6.92 Å². The van der Waals surface area contributed by atoms with Crippen molar-refractivity contribution < 1.29 is 9.53 Å². The number of rotatable bonds is 3. The summed E-state index contributed by atoms with van der Waals surface area (Å²) >= 11 is 0. The molecule has 1 aliphatic heterocycles. The number of nitrogens with two attached hydrogens (primary N) is 1. The van der Waals surface area contributed by atoms with Crippen molar-refractivity contribution in [2.45, 2.75) is 38.8 Å². The Labute approximate surface area is 114 Å². The Morgan fingerprint density at radius 2 is 2.32 bits per heavy atom. The van der Waals surface area contributed by atoms with Crippen molar-refractivity contribution in [1.29, 1.82) is 0 Å². The van der Waals surface area contributed by atoms with Crippen LogP contribution < -0.4 is 10.5 Å². The van der Waals surface area contributed by atoms with Crippen LogP contribution in [0.3, 0.4) is 0 Å². The van der Waals surface area contributed by atoms with E-state index in [4.69, 9.17) is 10.5 Å². The molecule has 1 saturated heterocycles. The summed E-state index contributed by atoms with van der Waals surface area (Å²) in [5.74, 6) is 0.763. The smallest absolute Gasteiger partial charge is 0.263 e. The van der Waals surface area contributed by atoms with Gasteiger partial charge in [0.1, 0.15) is 5.75 Å². The van der Waals surface area contributed by atoms with Crippen LogP contribution in [-0.4, -0.2) is 36.0 Å². The second kappa shape index (κ2) is 6.06. The number of aryl methyl sites for hydroxylation is 1. The molecule has 104 valence electrons. The van der Waals surface area contributed by atoms with E-state index in [-0.39, 0.29) is 11.9 Å². The average Bonchev–Trinajstić information content (AvgIpc) is 2.38. The van der Waals surface area contributed by atoms with Gasteiger partial charge in [-0.2, -0.15) is 0 Å². The molecule has 2 N–H and O–H groups in total. The predicted octanol–water partition coefficient (Wildman–Crippen LogP) is 1.71. The summed E-state index contributed by atoms with van der Waals surface area (Å²) in [6, 6.07) is 7.84. The van der Waals surface area contributed by atoms with E-state index in [9.17, 15) is 4.79 Å². The molecule has 2 atom stereocenters. The first kappa shape index (κ1) is 13.9. The zero-order valence-corrected chi connectivity index (χ0v) is 11.6. The third kappa shape index (κ3) is 3.70. The van der Waals surface area contributed by atoms with Gasteiger partial charge in [-0.1, -0.05) is 12.1 Å². The lowest BCUT2D eigenvalue weighted by molar-refractivity contribution is -0.139. The molecule has 4 nitrogen and oxygen atoms in total. The molecule has 1 amide bonds. The second-order valence-corrected chi connectivity index (χ2v) is 5.26. The molecule has 0 aromatic heterocycles. The van der Waals surface area contributed by atoms with Crippen LogP contribution >= 0.6 is 0 Å². The SMILES string of the molecule is Cc1cccc(OC(C)C(=O)N2CCCC(N)C2)c1. The summed E-state index contributed by atoms with van der Waals surface area (Å²) in [6.07, 6.45) is 1.51. The molecule has 4 heteroatoms. The quantitative estimate of drug-likeness (QED) is 0.902. The van der Waals surface area contributed by atoms with Crippen molar-refractivity contribution in [2.24, 2.45) is 5.73 Å². The van der Waals surface area contributed by atoms with Crippen molar-refractivity contribution in [1.82, 2.24) is 4.90 Å². The molecule has 1 aromatic rings. The van der Waals surface area contributed by atoms with E-state index < -0.39 is 6.10 Å². The summed E-state index contributed by atoms with van der Waals surface area (Å²) in [6.45, 7) is 5.22. The van der Waals surface area contributed by atoms with E-state index in [2.05, 4.69) is 0 Å². The Morgan fingerprint density at radius 1 is 1.53 bits per heavy atom. The number of ether oxygens (including phenoxy) is 1. The molecule has 1 aliphatic rings. The zero-order chi connectivity index (χ0) is 13.8. The Balaban J connectivity index is 1.95. The van der Waals surface area contributed by atoms with Gasteiger partial charge >= 0.3 is 0 Å². The Hall–Kier alpha value is -1.55. The maximum atomic E-state index is 12.3. The standard InChI is InChI=1S/C15H22N2O2/c1-11-5-3-7-14(9-11)19-12(2)15(18)17-8-4-6-13(16)10-17/h3,5,7,9,12-13H,4,6,8,10,16H2,1-2H3. The third-order valence-electron chi connectivity index (χ3n) is 3.42. The minimum atomic E-state index is -0.466. The number of likely N-dealkylation sites (tertiary alicyclic amines) is 1. The molecule has 2 rings (SSSR count). The highest BCUT2D eigenvalue weighted by Gasteiger charge is 2.26. The van der Waals surface area contributed by atoms with Crippen LogP contribution in [0.2, 0.25) is 0 Å². The average molecular weight is 262 g/mol. The minimum absolute atomic E-state index is 0.0247. The summed E-state index contributed by atoms with van der Waals surface area (Å²) in [5, 5.41) is 0. The second-order valence-electron chi connectivity index (χ2n) is 5.26. The van der Waals surface area contributed by atoms with Crippen molar-refractivity contribution in [3.05, 3.63) is 29.8 Å². The van der Waals surface area contributed by atoms with Gasteiger partial charge in [0.2, 0.25) is 0 Å². The fourth-order valence-corrected chi connectivity index (χ4v) is 2.41. The Bertz CT molecular complexity index is 448. The van der Waals surface area contributed by atoms with Crippen LogP contribution in [0.25, 0.3) is 0 Å². The van der Waals surface area contributed by atoms with E-state index in [0.29, 0.717) is 6.54 Å². The lowest BCUT2D eigenvalue weighted by atomic mass is 10.1. The van der Waals surface area contributed by atoms with Crippen LogP contribution in [0.1, 0.15) is 25.3 Å². The molecule has 0 spiro atoms. The maximum Gasteiger partial charge on any atom is 0.263 e. The third-order valence-corrected chi connectivity index (χ3v) is 3.42. The topological polar surface area (TPSA) is 55.6 Å². The lowest BCUT2D eigenvalue weighted by Crippen LogP contribution is -2.49. The predicted molar refractivity (Wildman–Crippen MR) is 75.1 cm³/mol. The highest BCUT2D eigenvalue weighted by atomic mass is 16.5. The largest absolute Gasteiger partial charge is 0.481 e. The van der Waals surface area contributed by atoms with Gasteiger partial charge in [0.15, 0.2) is 6.10 Å². The monoisotopic (exact) mass is 262 g/mol. The van der Waals surface area contributed by atoms with Gasteiger partial charge in [-0.25, -0.2) is 0 Å². The van der Waals surface area contributed by atoms with Crippen LogP contribution in [0.5, 0.6) is 5.75 Å². The van der Waals surface area contributed by atoms with Crippen molar-refractivity contribution >= 4 is 5.91 Å². The first-order chi connectivity index (χ1) is 9.06. The fourth-order valence-electron chi connectivity index (χ4n) is 2.41. The summed E-state index contributed by atoms with van der Waals surface area (Å²) < 4.78 is 5.71. The number of carbonyl (C=O) groups is 1. The number of hydrogen-bond donors (Lipinski definition) is 1.